The molecule has 1 aromatic heterocycles. The van der Waals surface area contributed by atoms with Gasteiger partial charge < -0.3 is 4.74 Å². The van der Waals surface area contributed by atoms with Crippen LogP contribution in [0.3, 0.4) is 0 Å². The summed E-state index contributed by atoms with van der Waals surface area (Å²) in [4.78, 5) is 0. The van der Waals surface area contributed by atoms with Gasteiger partial charge in [-0.3, -0.25) is 0 Å². The van der Waals surface area contributed by atoms with E-state index < -0.39 is 10.0 Å². The molecule has 0 saturated carbocycles. The molecule has 0 aliphatic carbocycles. The number of hydrogen-bond acceptors (Lipinski definition) is 4. The summed E-state index contributed by atoms with van der Waals surface area (Å²) in [5, 5.41) is 5.99. The summed E-state index contributed by atoms with van der Waals surface area (Å²) in [6.45, 7) is 0.433. The van der Waals surface area contributed by atoms with Gasteiger partial charge in [-0.15, -0.1) is 11.3 Å². The summed E-state index contributed by atoms with van der Waals surface area (Å²) in [6, 6.07) is 16.9. The molecule has 0 fully saturated rings. The minimum Gasteiger partial charge on any atom is -0.487 e. The van der Waals surface area contributed by atoms with Crippen molar-refractivity contribution >= 4 is 31.4 Å². The average Bonchev–Trinajstić information content (AvgIpc) is 2.91. The maximum atomic E-state index is 11.4. The molecule has 0 aliphatic rings. The fourth-order valence-corrected chi connectivity index (χ4v) is 3.87. The van der Waals surface area contributed by atoms with Gasteiger partial charge in [-0.05, 0) is 23.1 Å². The quantitative estimate of drug-likeness (QED) is 0.803. The molecule has 4 nitrogen and oxygen atoms in total. The third-order valence-electron chi connectivity index (χ3n) is 3.00. The van der Waals surface area contributed by atoms with Crippen molar-refractivity contribution in [2.24, 2.45) is 5.14 Å². The van der Waals surface area contributed by atoms with E-state index >= 15 is 0 Å². The molecule has 0 saturated heterocycles. The Hall–Kier alpha value is -1.89. The van der Waals surface area contributed by atoms with Gasteiger partial charge in [0.25, 0.3) is 0 Å². The molecule has 2 aromatic carbocycles. The molecule has 3 aromatic rings. The number of primary sulfonamides is 1. The summed E-state index contributed by atoms with van der Waals surface area (Å²) in [5.41, 5.74) is 1.05. The first-order valence-electron chi connectivity index (χ1n) is 6.26. The normalized spacial score (nSPS) is 11.7. The highest BCUT2D eigenvalue weighted by Gasteiger charge is 2.14. The summed E-state index contributed by atoms with van der Waals surface area (Å²) in [6.07, 6.45) is 0. The van der Waals surface area contributed by atoms with Gasteiger partial charge in [0.05, 0.1) is 4.70 Å². The van der Waals surface area contributed by atoms with E-state index in [0.29, 0.717) is 12.4 Å². The van der Waals surface area contributed by atoms with Gasteiger partial charge in [-0.2, -0.15) is 0 Å². The van der Waals surface area contributed by atoms with E-state index in [4.69, 9.17) is 9.88 Å². The molecule has 0 atom stereocenters. The van der Waals surface area contributed by atoms with Crippen molar-refractivity contribution in [1.82, 2.24) is 0 Å². The van der Waals surface area contributed by atoms with E-state index in [9.17, 15) is 8.42 Å². The minimum absolute atomic E-state index is 0.147. The van der Waals surface area contributed by atoms with Gasteiger partial charge in [-0.25, -0.2) is 13.6 Å². The predicted molar refractivity (Wildman–Crippen MR) is 84.0 cm³/mol. The molecule has 0 unspecified atom stereocenters. The van der Waals surface area contributed by atoms with Crippen molar-refractivity contribution in [3.8, 4) is 5.75 Å². The van der Waals surface area contributed by atoms with Crippen LogP contribution < -0.4 is 9.88 Å². The number of benzene rings is 2. The second-order valence-corrected chi connectivity index (χ2v) is 7.40. The third kappa shape index (κ3) is 3.07. The molecule has 0 amide bonds. The van der Waals surface area contributed by atoms with Crippen LogP contribution in [0.4, 0.5) is 0 Å². The van der Waals surface area contributed by atoms with Crippen molar-refractivity contribution in [1.29, 1.82) is 0 Å². The Kier molecular flexibility index (Phi) is 3.67. The number of fused-ring (bicyclic) bond motifs is 1. The van der Waals surface area contributed by atoms with Crippen LogP contribution in [0.5, 0.6) is 5.75 Å². The first kappa shape index (κ1) is 14.1. The molecule has 0 spiro atoms. The number of rotatable bonds is 4. The van der Waals surface area contributed by atoms with Crippen LogP contribution >= 0.6 is 11.3 Å². The van der Waals surface area contributed by atoms with Gasteiger partial charge in [0, 0.05) is 0 Å². The highest BCUT2D eigenvalue weighted by atomic mass is 32.2. The van der Waals surface area contributed by atoms with Crippen molar-refractivity contribution in [3.05, 3.63) is 60.2 Å². The lowest BCUT2D eigenvalue weighted by Crippen LogP contribution is -2.09. The molecule has 0 aliphatic heterocycles. The molecule has 21 heavy (non-hydrogen) atoms. The molecule has 2 N–H and O–H groups in total. The lowest BCUT2D eigenvalue weighted by molar-refractivity contribution is 0.310. The molecular formula is C15H13NO3S2. The molecule has 0 bridgehead atoms. The highest BCUT2D eigenvalue weighted by molar-refractivity contribution is 7.91. The molecule has 0 radical (unpaired) electrons. The second kappa shape index (κ2) is 5.48. The first-order chi connectivity index (χ1) is 10.0. The van der Waals surface area contributed by atoms with E-state index in [0.717, 1.165) is 27.0 Å². The largest absolute Gasteiger partial charge is 0.487 e. The van der Waals surface area contributed by atoms with Crippen molar-refractivity contribution < 1.29 is 13.2 Å². The standard InChI is InChI=1S/C15H13NO3S2/c16-21(17,18)14-9-12-7-4-8-13(15(12)20-14)19-10-11-5-2-1-3-6-11/h1-9H,10H2,(H2,16,17,18). The zero-order valence-corrected chi connectivity index (χ0v) is 12.7. The molecular weight excluding hydrogens is 306 g/mol. The van der Waals surface area contributed by atoms with Gasteiger partial charge in [0.15, 0.2) is 0 Å². The van der Waals surface area contributed by atoms with Crippen LogP contribution in [-0.2, 0) is 16.6 Å². The Labute approximate surface area is 126 Å². The Morgan fingerprint density at radius 3 is 2.52 bits per heavy atom. The number of thiophene rings is 1. The van der Waals surface area contributed by atoms with Crippen LogP contribution in [0.25, 0.3) is 10.1 Å². The number of sulfonamides is 1. The SMILES string of the molecule is NS(=O)(=O)c1cc2cccc(OCc3ccccc3)c2s1. The van der Waals surface area contributed by atoms with E-state index in [1.165, 1.54) is 0 Å². The van der Waals surface area contributed by atoms with Crippen molar-refractivity contribution in [3.63, 3.8) is 0 Å². The van der Waals surface area contributed by atoms with E-state index in [-0.39, 0.29) is 4.21 Å². The monoisotopic (exact) mass is 319 g/mol. The Morgan fingerprint density at radius 1 is 1.05 bits per heavy atom. The Bertz CT molecular complexity index is 870. The maximum absolute atomic E-state index is 11.4. The summed E-state index contributed by atoms with van der Waals surface area (Å²) >= 11 is 1.13. The molecule has 3 rings (SSSR count). The van der Waals surface area contributed by atoms with Crippen LogP contribution in [0.2, 0.25) is 0 Å². The summed E-state index contributed by atoms with van der Waals surface area (Å²) < 4.78 is 29.6. The lowest BCUT2D eigenvalue weighted by Gasteiger charge is -2.07. The van der Waals surface area contributed by atoms with E-state index in [1.807, 2.05) is 48.5 Å². The van der Waals surface area contributed by atoms with Crippen molar-refractivity contribution in [2.75, 3.05) is 0 Å². The van der Waals surface area contributed by atoms with Gasteiger partial charge in [-0.1, -0.05) is 42.5 Å². The number of hydrogen-bond donors (Lipinski definition) is 1. The second-order valence-electron chi connectivity index (χ2n) is 4.56. The van der Waals surface area contributed by atoms with Crippen LogP contribution in [0.1, 0.15) is 5.56 Å². The fourth-order valence-electron chi connectivity index (χ4n) is 2.00. The van der Waals surface area contributed by atoms with E-state index in [1.54, 1.807) is 6.07 Å². The Balaban J connectivity index is 1.94. The zero-order chi connectivity index (χ0) is 14.9. The lowest BCUT2D eigenvalue weighted by atomic mass is 10.2. The minimum atomic E-state index is -3.69. The highest BCUT2D eigenvalue weighted by Crippen LogP contribution is 2.35. The topological polar surface area (TPSA) is 69.4 Å². The smallest absolute Gasteiger partial charge is 0.247 e. The molecule has 108 valence electrons. The van der Waals surface area contributed by atoms with Crippen LogP contribution in [0, 0.1) is 0 Å². The fraction of sp³-hybridized carbons (Fsp3) is 0.0667. The third-order valence-corrected chi connectivity index (χ3v) is 5.59. The van der Waals surface area contributed by atoms with Crippen LogP contribution in [-0.4, -0.2) is 8.42 Å². The van der Waals surface area contributed by atoms with Crippen LogP contribution in [0.15, 0.2) is 58.8 Å². The average molecular weight is 319 g/mol. The Morgan fingerprint density at radius 2 is 1.81 bits per heavy atom. The molecule has 1 heterocycles. The molecule has 6 heteroatoms. The summed E-state index contributed by atoms with van der Waals surface area (Å²) in [5.74, 6) is 0.663. The number of ether oxygens (including phenoxy) is 1. The predicted octanol–water partition coefficient (Wildman–Crippen LogP) is 3.13. The first-order valence-corrected chi connectivity index (χ1v) is 8.62. The van der Waals surface area contributed by atoms with E-state index in [2.05, 4.69) is 0 Å². The van der Waals surface area contributed by atoms with Crippen molar-refractivity contribution in [2.45, 2.75) is 10.8 Å². The number of nitrogens with two attached hydrogens (primary N) is 1. The summed E-state index contributed by atoms with van der Waals surface area (Å²) in [7, 11) is -3.69. The zero-order valence-electron chi connectivity index (χ0n) is 11.0. The van der Waals surface area contributed by atoms with Gasteiger partial charge >= 0.3 is 0 Å². The maximum Gasteiger partial charge on any atom is 0.247 e. The van der Waals surface area contributed by atoms with Gasteiger partial charge in [0.1, 0.15) is 16.6 Å². The van der Waals surface area contributed by atoms with Gasteiger partial charge in [0.2, 0.25) is 10.0 Å².